The van der Waals surface area contributed by atoms with E-state index >= 15 is 0 Å². The third-order valence-electron chi connectivity index (χ3n) is 4.19. The number of likely N-dealkylation sites (tertiary alicyclic amines) is 1. The summed E-state index contributed by atoms with van der Waals surface area (Å²) < 4.78 is 0. The monoisotopic (exact) mass is 285 g/mol. The Morgan fingerprint density at radius 3 is 2.65 bits per heavy atom. The fourth-order valence-corrected chi connectivity index (χ4v) is 2.59. The first-order valence-electron chi connectivity index (χ1n) is 7.07. The highest BCUT2D eigenvalue weighted by Gasteiger charge is 2.39. The molecule has 1 saturated carbocycles. The van der Waals surface area contributed by atoms with Crippen LogP contribution in [-0.4, -0.2) is 76.4 Å². The summed E-state index contributed by atoms with van der Waals surface area (Å²) in [5, 5.41) is 21.3. The molecule has 1 heterocycles. The van der Waals surface area contributed by atoms with Crippen molar-refractivity contribution in [3.05, 3.63) is 0 Å². The van der Waals surface area contributed by atoms with Crippen molar-refractivity contribution in [2.75, 3.05) is 20.1 Å². The molecule has 3 atom stereocenters. The number of likely N-dealkylation sites (N-methyl/N-ethyl adjacent to an activating group) is 1. The number of aliphatic hydroxyl groups is 1. The lowest BCUT2D eigenvalue weighted by Gasteiger charge is -2.27. The molecule has 20 heavy (non-hydrogen) atoms. The number of amides is 2. The molecule has 1 unspecified atom stereocenters. The van der Waals surface area contributed by atoms with Gasteiger partial charge >= 0.3 is 12.0 Å². The van der Waals surface area contributed by atoms with Gasteiger partial charge in [-0.2, -0.15) is 0 Å². The van der Waals surface area contributed by atoms with Gasteiger partial charge in [0.2, 0.25) is 0 Å². The third kappa shape index (κ3) is 3.40. The minimum Gasteiger partial charge on any atom is -0.480 e. The van der Waals surface area contributed by atoms with Crippen LogP contribution in [-0.2, 0) is 4.79 Å². The lowest BCUT2D eigenvalue weighted by atomic mass is 10.2. The largest absolute Gasteiger partial charge is 0.480 e. The number of carbonyl (C=O) groups excluding carboxylic acids is 1. The summed E-state index contributed by atoms with van der Waals surface area (Å²) in [5.41, 5.74) is 0. The van der Waals surface area contributed by atoms with E-state index in [9.17, 15) is 14.7 Å². The zero-order valence-corrected chi connectivity index (χ0v) is 12.0. The molecule has 1 saturated heterocycles. The van der Waals surface area contributed by atoms with E-state index in [0.29, 0.717) is 12.6 Å². The molecule has 2 aliphatic rings. The Labute approximate surface area is 118 Å². The third-order valence-corrected chi connectivity index (χ3v) is 4.19. The van der Waals surface area contributed by atoms with Gasteiger partial charge in [0.15, 0.2) is 0 Å². The predicted octanol–water partition coefficient (Wildman–Crippen LogP) is -0.301. The van der Waals surface area contributed by atoms with Gasteiger partial charge in [-0.3, -0.25) is 4.90 Å². The highest BCUT2D eigenvalue weighted by molar-refractivity contribution is 5.83. The second-order valence-electron chi connectivity index (χ2n) is 5.83. The number of aliphatic carboxylic acids is 1. The van der Waals surface area contributed by atoms with Crippen LogP contribution in [0.2, 0.25) is 0 Å². The van der Waals surface area contributed by atoms with Gasteiger partial charge in [-0.1, -0.05) is 0 Å². The molecule has 0 radical (unpaired) electrons. The molecule has 2 fully saturated rings. The molecule has 7 heteroatoms. The number of hydrogen-bond acceptors (Lipinski definition) is 4. The Kier molecular flexibility index (Phi) is 4.49. The second-order valence-corrected chi connectivity index (χ2v) is 5.83. The first kappa shape index (κ1) is 15.1. The van der Waals surface area contributed by atoms with Gasteiger partial charge in [0.25, 0.3) is 0 Å². The maximum Gasteiger partial charge on any atom is 0.326 e. The van der Waals surface area contributed by atoms with Crippen molar-refractivity contribution in [1.29, 1.82) is 0 Å². The molecule has 0 aromatic carbocycles. The first-order valence-corrected chi connectivity index (χ1v) is 7.07. The van der Waals surface area contributed by atoms with Gasteiger partial charge in [-0.25, -0.2) is 9.59 Å². The Bertz CT molecular complexity index is 386. The van der Waals surface area contributed by atoms with Crippen molar-refractivity contribution in [3.8, 4) is 0 Å². The fraction of sp³-hybridized carbons (Fsp3) is 0.846. The lowest BCUT2D eigenvalue weighted by Crippen LogP contribution is -2.49. The normalized spacial score (nSPS) is 27.7. The number of carboxylic acids is 1. The van der Waals surface area contributed by atoms with E-state index in [4.69, 9.17) is 5.11 Å². The van der Waals surface area contributed by atoms with Gasteiger partial charge in [-0.05, 0) is 26.8 Å². The number of hydrogen-bond donors (Lipinski definition) is 3. The van der Waals surface area contributed by atoms with E-state index in [1.807, 2.05) is 14.0 Å². The molecular formula is C13H23N3O4. The zero-order valence-electron chi connectivity index (χ0n) is 12.0. The lowest BCUT2D eigenvalue weighted by molar-refractivity contribution is -0.141. The zero-order chi connectivity index (χ0) is 14.9. The molecule has 3 N–H and O–H groups in total. The number of nitrogens with one attached hydrogen (secondary N) is 1. The van der Waals surface area contributed by atoms with Crippen molar-refractivity contribution in [2.24, 2.45) is 0 Å². The molecule has 0 bridgehead atoms. The van der Waals surface area contributed by atoms with Gasteiger partial charge < -0.3 is 20.4 Å². The number of carboxylic acid groups (broad SMARTS) is 1. The Morgan fingerprint density at radius 2 is 2.10 bits per heavy atom. The first-order chi connectivity index (χ1) is 9.40. The summed E-state index contributed by atoms with van der Waals surface area (Å²) in [5.74, 6) is -1.07. The van der Waals surface area contributed by atoms with Crippen LogP contribution in [0.4, 0.5) is 4.79 Å². The molecule has 1 aliphatic heterocycles. The van der Waals surface area contributed by atoms with Crippen molar-refractivity contribution >= 4 is 12.0 Å². The number of urea groups is 1. The standard InChI is InChI=1S/C13H23N3O4/c1-8(15(2)9-3-4-9)6-14-13(20)16-7-10(17)5-11(16)12(18)19/h8-11,17H,3-7H2,1-2H3,(H,14,20)(H,18,19)/t8?,10-,11-/m1/s1. The number of rotatable bonds is 5. The average Bonchev–Trinajstić information content (AvgIpc) is 3.16. The quantitative estimate of drug-likeness (QED) is 0.645. The maximum absolute atomic E-state index is 12.0. The van der Waals surface area contributed by atoms with Crippen LogP contribution in [0, 0.1) is 0 Å². The highest BCUT2D eigenvalue weighted by atomic mass is 16.4. The summed E-state index contributed by atoms with van der Waals surface area (Å²) in [6.45, 7) is 2.59. The molecule has 7 nitrogen and oxygen atoms in total. The van der Waals surface area contributed by atoms with Gasteiger partial charge in [0, 0.05) is 31.6 Å². The van der Waals surface area contributed by atoms with Crippen molar-refractivity contribution in [2.45, 2.75) is 50.4 Å². The summed E-state index contributed by atoms with van der Waals surface area (Å²) in [6.07, 6.45) is 1.75. The van der Waals surface area contributed by atoms with E-state index < -0.39 is 24.1 Å². The summed E-state index contributed by atoms with van der Waals surface area (Å²) in [4.78, 5) is 26.5. The molecule has 2 rings (SSSR count). The van der Waals surface area contributed by atoms with Crippen LogP contribution in [0.25, 0.3) is 0 Å². The number of carbonyl (C=O) groups is 2. The van der Waals surface area contributed by atoms with Crippen molar-refractivity contribution in [3.63, 3.8) is 0 Å². The molecule has 0 spiro atoms. The number of aliphatic hydroxyl groups excluding tert-OH is 1. The molecule has 0 aromatic heterocycles. The van der Waals surface area contributed by atoms with Crippen LogP contribution in [0.1, 0.15) is 26.2 Å². The van der Waals surface area contributed by atoms with E-state index in [1.54, 1.807) is 0 Å². The van der Waals surface area contributed by atoms with Crippen LogP contribution in [0.3, 0.4) is 0 Å². The smallest absolute Gasteiger partial charge is 0.326 e. The van der Waals surface area contributed by atoms with E-state index in [2.05, 4.69) is 10.2 Å². The van der Waals surface area contributed by atoms with Crippen LogP contribution in [0.15, 0.2) is 0 Å². The van der Waals surface area contributed by atoms with Crippen LogP contribution < -0.4 is 5.32 Å². The van der Waals surface area contributed by atoms with Crippen molar-refractivity contribution in [1.82, 2.24) is 15.1 Å². The molecule has 0 aromatic rings. The maximum atomic E-state index is 12.0. The minimum atomic E-state index is -1.07. The average molecular weight is 285 g/mol. The predicted molar refractivity (Wildman–Crippen MR) is 72.4 cm³/mol. The van der Waals surface area contributed by atoms with E-state index in [0.717, 1.165) is 0 Å². The molecule has 114 valence electrons. The van der Waals surface area contributed by atoms with Crippen LogP contribution >= 0.6 is 0 Å². The van der Waals surface area contributed by atoms with E-state index in [1.165, 1.54) is 17.7 Å². The van der Waals surface area contributed by atoms with Gasteiger partial charge in [0.1, 0.15) is 6.04 Å². The van der Waals surface area contributed by atoms with Gasteiger partial charge in [-0.15, -0.1) is 0 Å². The molecular weight excluding hydrogens is 262 g/mol. The van der Waals surface area contributed by atoms with Crippen LogP contribution in [0.5, 0.6) is 0 Å². The summed E-state index contributed by atoms with van der Waals surface area (Å²) >= 11 is 0. The highest BCUT2D eigenvalue weighted by Crippen LogP contribution is 2.26. The Hall–Kier alpha value is -1.34. The van der Waals surface area contributed by atoms with E-state index in [-0.39, 0.29) is 19.0 Å². The second kappa shape index (κ2) is 5.97. The van der Waals surface area contributed by atoms with Gasteiger partial charge in [0.05, 0.1) is 6.10 Å². The Balaban J connectivity index is 1.82. The fourth-order valence-electron chi connectivity index (χ4n) is 2.59. The summed E-state index contributed by atoms with van der Waals surface area (Å²) in [7, 11) is 2.04. The minimum absolute atomic E-state index is 0.0790. The molecule has 2 amide bonds. The topological polar surface area (TPSA) is 93.1 Å². The number of nitrogens with zero attached hydrogens (tertiary/aromatic N) is 2. The Morgan fingerprint density at radius 1 is 1.45 bits per heavy atom. The van der Waals surface area contributed by atoms with Crippen molar-refractivity contribution < 1.29 is 19.8 Å². The summed E-state index contributed by atoms with van der Waals surface area (Å²) in [6, 6.07) is -0.518. The molecule has 1 aliphatic carbocycles. The number of β-amino-alcohol motifs (C(OH)–C–C–N with tert-alkyl or cyclic N) is 1. The SMILES string of the molecule is CC(CNC(=O)N1C[C@H](O)C[C@@H]1C(=O)O)N(C)C1CC1.